The van der Waals surface area contributed by atoms with Gasteiger partial charge in [0.15, 0.2) is 9.34 Å². The first-order chi connectivity index (χ1) is 12.2. The van der Waals surface area contributed by atoms with Crippen molar-refractivity contribution in [2.45, 2.75) is 18.1 Å². The first-order valence-electron chi connectivity index (χ1n) is 7.45. The molecule has 0 radical (unpaired) electrons. The molecule has 11 heteroatoms. The number of rotatable bonds is 4. The summed E-state index contributed by atoms with van der Waals surface area (Å²) in [5.74, 6) is -0.309. The van der Waals surface area contributed by atoms with Gasteiger partial charge in [0, 0.05) is 17.1 Å². The number of nitrogen functional groups attached to an aromatic ring is 1. The molecule has 2 aromatic heterocycles. The van der Waals surface area contributed by atoms with Crippen LogP contribution in [-0.2, 0) is 10.0 Å². The van der Waals surface area contributed by atoms with E-state index < -0.39 is 10.0 Å². The summed E-state index contributed by atoms with van der Waals surface area (Å²) in [5.41, 5.74) is 15.2. The van der Waals surface area contributed by atoms with Crippen LogP contribution in [-0.4, -0.2) is 29.0 Å². The Morgan fingerprint density at radius 3 is 2.69 bits per heavy atom. The third kappa shape index (κ3) is 3.02. The van der Waals surface area contributed by atoms with Crippen molar-refractivity contribution >= 4 is 49.1 Å². The van der Waals surface area contributed by atoms with Crippen molar-refractivity contribution in [2.75, 3.05) is 5.73 Å². The van der Waals surface area contributed by atoms with Gasteiger partial charge in [0.25, 0.3) is 10.0 Å². The minimum absolute atomic E-state index is 0.0961. The molecule has 3 aromatic rings. The quantitative estimate of drug-likeness (QED) is 0.300. The number of aromatic nitrogens is 2. The zero-order valence-electron chi connectivity index (χ0n) is 14.0. The van der Waals surface area contributed by atoms with E-state index in [9.17, 15) is 8.42 Å². The monoisotopic (exact) mass is 391 g/mol. The summed E-state index contributed by atoms with van der Waals surface area (Å²) in [6, 6.07) is 7.08. The SMILES string of the molecule is C/C(=N/NC(=N)N)c1cn(S(=O)(=O)c2sc(N)nc2C)c2ccccc12. The molecular weight excluding hydrogens is 374 g/mol. The Morgan fingerprint density at radius 2 is 2.08 bits per heavy atom. The molecule has 0 unspecified atom stereocenters. The van der Waals surface area contributed by atoms with E-state index in [1.54, 1.807) is 32.0 Å². The molecule has 0 bridgehead atoms. The van der Waals surface area contributed by atoms with Gasteiger partial charge in [-0.05, 0) is 19.9 Å². The predicted molar refractivity (Wildman–Crippen MR) is 103 cm³/mol. The Morgan fingerprint density at radius 1 is 1.38 bits per heavy atom. The predicted octanol–water partition coefficient (Wildman–Crippen LogP) is 1.43. The van der Waals surface area contributed by atoms with Gasteiger partial charge in [0.2, 0.25) is 5.96 Å². The van der Waals surface area contributed by atoms with Crippen LogP contribution in [0.1, 0.15) is 18.2 Å². The molecule has 0 fully saturated rings. The number of benzene rings is 1. The third-order valence-electron chi connectivity index (χ3n) is 3.68. The number of nitrogens with one attached hydrogen (secondary N) is 2. The van der Waals surface area contributed by atoms with Crippen molar-refractivity contribution in [3.63, 3.8) is 0 Å². The zero-order valence-corrected chi connectivity index (χ0v) is 15.6. The maximum Gasteiger partial charge on any atom is 0.279 e. The molecule has 1 aromatic carbocycles. The Balaban J connectivity index is 2.24. The lowest BCUT2D eigenvalue weighted by molar-refractivity contribution is 0.590. The van der Waals surface area contributed by atoms with Crippen LogP contribution in [0.4, 0.5) is 5.13 Å². The lowest BCUT2D eigenvalue weighted by atomic mass is 10.1. The van der Waals surface area contributed by atoms with Crippen molar-refractivity contribution in [1.29, 1.82) is 5.41 Å². The highest BCUT2D eigenvalue weighted by Crippen LogP contribution is 2.31. The molecule has 0 aliphatic rings. The number of fused-ring (bicyclic) bond motifs is 1. The van der Waals surface area contributed by atoms with Crippen LogP contribution in [0.5, 0.6) is 0 Å². The number of hydrogen-bond donors (Lipinski definition) is 4. The maximum absolute atomic E-state index is 13.2. The second-order valence-electron chi connectivity index (χ2n) is 5.51. The highest BCUT2D eigenvalue weighted by molar-refractivity contribution is 7.92. The maximum atomic E-state index is 13.2. The van der Waals surface area contributed by atoms with Gasteiger partial charge in [-0.2, -0.15) is 13.5 Å². The van der Waals surface area contributed by atoms with Gasteiger partial charge < -0.3 is 11.5 Å². The summed E-state index contributed by atoms with van der Waals surface area (Å²) >= 11 is 0.927. The summed E-state index contributed by atoms with van der Waals surface area (Å²) in [6.45, 7) is 3.31. The molecule has 2 heterocycles. The van der Waals surface area contributed by atoms with Crippen LogP contribution < -0.4 is 16.9 Å². The topological polar surface area (TPSA) is 152 Å². The smallest absolute Gasteiger partial charge is 0.279 e. The third-order valence-corrected chi connectivity index (χ3v) is 6.92. The lowest BCUT2D eigenvalue weighted by Crippen LogP contribution is -2.26. The van der Waals surface area contributed by atoms with E-state index in [0.29, 0.717) is 27.9 Å². The zero-order chi connectivity index (χ0) is 19.1. The van der Waals surface area contributed by atoms with Crippen LogP contribution in [0, 0.1) is 12.3 Å². The minimum Gasteiger partial charge on any atom is -0.375 e. The molecule has 9 nitrogen and oxygen atoms in total. The summed E-state index contributed by atoms with van der Waals surface area (Å²) in [5, 5.41) is 12.1. The molecule has 0 atom stereocenters. The molecule has 0 aliphatic carbocycles. The van der Waals surface area contributed by atoms with Crippen LogP contribution >= 0.6 is 11.3 Å². The fraction of sp³-hybridized carbons (Fsp3) is 0.133. The van der Waals surface area contributed by atoms with Crippen molar-refractivity contribution in [3.8, 4) is 0 Å². The van der Waals surface area contributed by atoms with Crippen molar-refractivity contribution in [2.24, 2.45) is 10.8 Å². The molecule has 26 heavy (non-hydrogen) atoms. The van der Waals surface area contributed by atoms with Gasteiger partial charge in [-0.25, -0.2) is 14.4 Å². The number of hydrazone groups is 1. The summed E-state index contributed by atoms with van der Waals surface area (Å²) in [4.78, 5) is 4.01. The second-order valence-corrected chi connectivity index (χ2v) is 8.55. The van der Waals surface area contributed by atoms with Crippen LogP contribution in [0.3, 0.4) is 0 Å². The van der Waals surface area contributed by atoms with E-state index in [-0.39, 0.29) is 15.3 Å². The highest BCUT2D eigenvalue weighted by atomic mass is 32.2. The van der Waals surface area contributed by atoms with Gasteiger partial charge in [-0.3, -0.25) is 5.41 Å². The van der Waals surface area contributed by atoms with Crippen molar-refractivity contribution in [3.05, 3.63) is 41.7 Å². The van der Waals surface area contributed by atoms with E-state index in [4.69, 9.17) is 16.9 Å². The largest absolute Gasteiger partial charge is 0.375 e. The van der Waals surface area contributed by atoms with Gasteiger partial charge in [-0.1, -0.05) is 29.5 Å². The lowest BCUT2D eigenvalue weighted by Gasteiger charge is -2.05. The Bertz CT molecular complexity index is 1140. The molecule has 0 aliphatic heterocycles. The van der Waals surface area contributed by atoms with Gasteiger partial charge in [0.05, 0.1) is 16.9 Å². The Hall–Kier alpha value is -2.92. The van der Waals surface area contributed by atoms with Gasteiger partial charge >= 0.3 is 0 Å². The van der Waals surface area contributed by atoms with E-state index in [2.05, 4.69) is 15.5 Å². The van der Waals surface area contributed by atoms with E-state index in [1.807, 2.05) is 6.07 Å². The number of thiazole rings is 1. The number of guanidine groups is 1. The first-order valence-corrected chi connectivity index (χ1v) is 9.70. The fourth-order valence-corrected chi connectivity index (χ4v) is 5.32. The summed E-state index contributed by atoms with van der Waals surface area (Å²) in [6.07, 6.45) is 1.50. The normalized spacial score (nSPS) is 12.5. The van der Waals surface area contributed by atoms with Crippen LogP contribution in [0.2, 0.25) is 0 Å². The molecular formula is C15H17N7O2S2. The first kappa shape index (κ1) is 17.9. The Labute approximate surface area is 153 Å². The molecule has 6 N–H and O–H groups in total. The number of hydrogen-bond acceptors (Lipinski definition) is 7. The standard InChI is InChI=1S/C15H17N7O2S2/c1-8(20-21-14(16)17)11-7-22(12-6-4-3-5-10(11)12)26(23,24)13-9(2)19-15(18)25-13/h3-7H,1-2H3,(H2,18,19)(H4,16,17,21)/b20-8-. The minimum atomic E-state index is -3.87. The van der Waals surface area contributed by atoms with E-state index in [1.165, 1.54) is 10.2 Å². The van der Waals surface area contributed by atoms with Crippen molar-refractivity contribution < 1.29 is 8.42 Å². The summed E-state index contributed by atoms with van der Waals surface area (Å²) in [7, 11) is -3.87. The molecule has 136 valence electrons. The number of nitrogens with zero attached hydrogens (tertiary/aromatic N) is 3. The average Bonchev–Trinajstić information content (AvgIpc) is 3.13. The van der Waals surface area contributed by atoms with E-state index >= 15 is 0 Å². The highest BCUT2D eigenvalue weighted by Gasteiger charge is 2.26. The van der Waals surface area contributed by atoms with Gasteiger partial charge in [0.1, 0.15) is 0 Å². The molecule has 0 amide bonds. The Kier molecular flexibility index (Phi) is 4.42. The molecule has 0 saturated carbocycles. The van der Waals surface area contributed by atoms with Gasteiger partial charge in [-0.15, -0.1) is 0 Å². The van der Waals surface area contributed by atoms with Crippen LogP contribution in [0.15, 0.2) is 39.8 Å². The average molecular weight is 391 g/mol. The number of nitrogens with two attached hydrogens (primary N) is 2. The second kappa shape index (κ2) is 6.42. The molecule has 0 saturated heterocycles. The number of para-hydroxylation sites is 1. The number of aryl methyl sites for hydroxylation is 1. The number of anilines is 1. The van der Waals surface area contributed by atoms with Crippen molar-refractivity contribution in [1.82, 2.24) is 14.4 Å². The van der Waals surface area contributed by atoms with E-state index in [0.717, 1.165) is 11.3 Å². The fourth-order valence-electron chi connectivity index (χ4n) is 2.57. The molecule has 0 spiro atoms. The summed E-state index contributed by atoms with van der Waals surface area (Å²) < 4.78 is 27.6. The molecule has 3 rings (SSSR count). The van der Waals surface area contributed by atoms with Crippen LogP contribution in [0.25, 0.3) is 10.9 Å².